The quantitative estimate of drug-likeness (QED) is 0.933. The summed E-state index contributed by atoms with van der Waals surface area (Å²) in [4.78, 5) is 18.4. The molecule has 0 radical (unpaired) electrons. The van der Waals surface area contributed by atoms with Gasteiger partial charge in [0.05, 0.1) is 11.3 Å². The molecule has 1 atom stereocenters. The number of aryl methyl sites for hydroxylation is 1. The molecule has 2 heterocycles. The molecular weight excluding hydrogens is 312 g/mol. The minimum Gasteiger partial charge on any atom is -0.454 e. The molecule has 6 heteroatoms. The molecule has 2 aliphatic rings. The van der Waals surface area contributed by atoms with Gasteiger partial charge in [0.25, 0.3) is 5.91 Å². The van der Waals surface area contributed by atoms with Gasteiger partial charge in [0.15, 0.2) is 16.6 Å². The topological polar surface area (TPSA) is 60.5 Å². The van der Waals surface area contributed by atoms with E-state index in [1.807, 2.05) is 0 Å². The number of anilines is 1. The van der Waals surface area contributed by atoms with Crippen molar-refractivity contribution >= 4 is 22.4 Å². The lowest BCUT2D eigenvalue weighted by Gasteiger charge is -2.18. The Morgan fingerprint density at radius 2 is 2.35 bits per heavy atom. The van der Waals surface area contributed by atoms with E-state index < -0.39 is 0 Å². The van der Waals surface area contributed by atoms with Crippen LogP contribution in [-0.4, -0.2) is 17.7 Å². The minimum absolute atomic E-state index is 0.156. The van der Waals surface area contributed by atoms with E-state index in [1.165, 1.54) is 17.7 Å². The highest BCUT2D eigenvalue weighted by Crippen LogP contribution is 2.37. The van der Waals surface area contributed by atoms with Crippen molar-refractivity contribution in [1.82, 2.24) is 4.98 Å². The van der Waals surface area contributed by atoms with Crippen molar-refractivity contribution < 1.29 is 14.3 Å². The van der Waals surface area contributed by atoms with Gasteiger partial charge in [-0.25, -0.2) is 4.98 Å². The van der Waals surface area contributed by atoms with Crippen molar-refractivity contribution in [2.75, 3.05) is 12.1 Å². The van der Waals surface area contributed by atoms with Gasteiger partial charge in [0, 0.05) is 4.88 Å². The van der Waals surface area contributed by atoms with E-state index in [0.717, 1.165) is 24.5 Å². The van der Waals surface area contributed by atoms with Gasteiger partial charge in [-0.2, -0.15) is 0 Å². The highest BCUT2D eigenvalue weighted by atomic mass is 32.1. The number of nitrogens with zero attached hydrogens (tertiary/aromatic N) is 1. The van der Waals surface area contributed by atoms with Crippen LogP contribution in [0.2, 0.25) is 0 Å². The molecule has 0 fully saturated rings. The third kappa shape index (κ3) is 2.67. The number of thiazole rings is 1. The Balaban J connectivity index is 1.54. The average molecular weight is 330 g/mol. The number of carbonyl (C=O) groups excluding carboxylic acids is 1. The maximum Gasteiger partial charge on any atom is 0.261 e. The number of aromatic nitrogens is 1. The summed E-state index contributed by atoms with van der Waals surface area (Å²) in [5, 5.41) is 3.59. The molecule has 120 valence electrons. The zero-order valence-electron chi connectivity index (χ0n) is 12.9. The van der Waals surface area contributed by atoms with Gasteiger partial charge in [0.1, 0.15) is 0 Å². The molecule has 0 saturated heterocycles. The summed E-state index contributed by atoms with van der Waals surface area (Å²) in [7, 11) is 0. The molecule has 1 amide bonds. The molecule has 0 saturated carbocycles. The predicted molar refractivity (Wildman–Crippen MR) is 88.4 cm³/mol. The number of amides is 1. The first kappa shape index (κ1) is 14.5. The van der Waals surface area contributed by atoms with Crippen molar-refractivity contribution in [1.29, 1.82) is 0 Å². The van der Waals surface area contributed by atoms with Gasteiger partial charge in [-0.3, -0.25) is 10.1 Å². The average Bonchev–Trinajstić information content (AvgIpc) is 3.19. The first-order valence-corrected chi connectivity index (χ1v) is 8.74. The lowest BCUT2D eigenvalue weighted by Crippen LogP contribution is -2.13. The van der Waals surface area contributed by atoms with Crippen LogP contribution < -0.4 is 14.8 Å². The SMILES string of the molecule is CCC1CCc2nc(NC(=O)c3cccc4c3OCO4)sc2C1. The summed E-state index contributed by atoms with van der Waals surface area (Å²) in [6, 6.07) is 5.33. The number of nitrogens with one attached hydrogen (secondary N) is 1. The van der Waals surface area contributed by atoms with Crippen molar-refractivity contribution in [3.8, 4) is 11.5 Å². The van der Waals surface area contributed by atoms with E-state index in [1.54, 1.807) is 29.5 Å². The van der Waals surface area contributed by atoms with Crippen LogP contribution in [0.25, 0.3) is 0 Å². The smallest absolute Gasteiger partial charge is 0.261 e. The van der Waals surface area contributed by atoms with Crippen LogP contribution in [0, 0.1) is 5.92 Å². The number of hydrogen-bond acceptors (Lipinski definition) is 5. The van der Waals surface area contributed by atoms with Gasteiger partial charge < -0.3 is 9.47 Å². The van der Waals surface area contributed by atoms with Crippen LogP contribution in [0.5, 0.6) is 11.5 Å². The van der Waals surface area contributed by atoms with E-state index in [0.29, 0.717) is 22.2 Å². The maximum atomic E-state index is 12.5. The van der Waals surface area contributed by atoms with Gasteiger partial charge in [-0.1, -0.05) is 19.4 Å². The van der Waals surface area contributed by atoms with Crippen molar-refractivity contribution in [3.63, 3.8) is 0 Å². The molecule has 0 spiro atoms. The van der Waals surface area contributed by atoms with Crippen LogP contribution in [0.15, 0.2) is 18.2 Å². The molecular formula is C17H18N2O3S. The predicted octanol–water partition coefficient (Wildman–Crippen LogP) is 3.64. The van der Waals surface area contributed by atoms with E-state index in [-0.39, 0.29) is 12.7 Å². The number of para-hydroxylation sites is 1. The molecule has 1 aromatic heterocycles. The summed E-state index contributed by atoms with van der Waals surface area (Å²) in [6.45, 7) is 2.39. The van der Waals surface area contributed by atoms with E-state index in [9.17, 15) is 4.79 Å². The van der Waals surface area contributed by atoms with Crippen LogP contribution in [0.1, 0.15) is 40.7 Å². The molecule has 1 aliphatic heterocycles. The minimum atomic E-state index is -0.203. The Morgan fingerprint density at radius 3 is 3.22 bits per heavy atom. The Bertz CT molecular complexity index is 756. The number of rotatable bonds is 3. The second-order valence-electron chi connectivity index (χ2n) is 5.90. The number of fused-ring (bicyclic) bond motifs is 2. The van der Waals surface area contributed by atoms with Crippen molar-refractivity contribution in [2.45, 2.75) is 32.6 Å². The summed E-state index contributed by atoms with van der Waals surface area (Å²) in [5.41, 5.74) is 1.63. The number of hydrogen-bond donors (Lipinski definition) is 1. The molecule has 1 aliphatic carbocycles. The molecule has 1 aromatic carbocycles. The molecule has 5 nitrogen and oxygen atoms in total. The standard InChI is InChI=1S/C17H18N2O3S/c1-2-10-6-7-12-14(8-10)23-17(18-12)19-16(20)11-4-3-5-13-15(11)22-9-21-13/h3-5,10H,2,6-9H2,1H3,(H,18,19,20). The highest BCUT2D eigenvalue weighted by molar-refractivity contribution is 7.15. The van der Waals surface area contributed by atoms with Crippen LogP contribution >= 0.6 is 11.3 Å². The second kappa shape index (κ2) is 5.85. The zero-order valence-corrected chi connectivity index (χ0v) is 13.7. The third-order valence-corrected chi connectivity index (χ3v) is 5.52. The molecule has 1 N–H and O–H groups in total. The Labute approximate surface area is 138 Å². The highest BCUT2D eigenvalue weighted by Gasteiger charge is 2.25. The normalized spacial score (nSPS) is 18.6. The summed E-state index contributed by atoms with van der Waals surface area (Å²) in [5.74, 6) is 1.67. The monoisotopic (exact) mass is 330 g/mol. The van der Waals surface area contributed by atoms with Gasteiger partial charge in [-0.05, 0) is 37.3 Å². The number of carbonyl (C=O) groups is 1. The van der Waals surface area contributed by atoms with E-state index in [4.69, 9.17) is 9.47 Å². The Kier molecular flexibility index (Phi) is 3.69. The van der Waals surface area contributed by atoms with E-state index >= 15 is 0 Å². The van der Waals surface area contributed by atoms with Crippen LogP contribution in [0.3, 0.4) is 0 Å². The first-order valence-electron chi connectivity index (χ1n) is 7.93. The fraction of sp³-hybridized carbons (Fsp3) is 0.412. The first-order chi connectivity index (χ1) is 11.2. The molecule has 1 unspecified atom stereocenters. The van der Waals surface area contributed by atoms with Gasteiger partial charge in [0.2, 0.25) is 6.79 Å². The number of benzene rings is 1. The molecule has 2 aromatic rings. The third-order valence-electron chi connectivity index (χ3n) is 4.48. The zero-order chi connectivity index (χ0) is 15.8. The molecule has 23 heavy (non-hydrogen) atoms. The second-order valence-corrected chi connectivity index (χ2v) is 6.98. The maximum absolute atomic E-state index is 12.5. The fourth-order valence-electron chi connectivity index (χ4n) is 3.12. The lowest BCUT2D eigenvalue weighted by atomic mass is 9.89. The van der Waals surface area contributed by atoms with Crippen molar-refractivity contribution in [3.05, 3.63) is 34.3 Å². The van der Waals surface area contributed by atoms with Gasteiger partial charge in [-0.15, -0.1) is 11.3 Å². The van der Waals surface area contributed by atoms with Crippen LogP contribution in [-0.2, 0) is 12.8 Å². The number of ether oxygens (including phenoxy) is 2. The molecule has 0 bridgehead atoms. The van der Waals surface area contributed by atoms with E-state index in [2.05, 4.69) is 17.2 Å². The van der Waals surface area contributed by atoms with Crippen LogP contribution in [0.4, 0.5) is 5.13 Å². The fourth-order valence-corrected chi connectivity index (χ4v) is 4.24. The molecule has 4 rings (SSSR count). The summed E-state index contributed by atoms with van der Waals surface area (Å²) < 4.78 is 10.7. The Hall–Kier alpha value is -2.08. The summed E-state index contributed by atoms with van der Waals surface area (Å²) in [6.07, 6.45) is 4.49. The largest absolute Gasteiger partial charge is 0.454 e. The van der Waals surface area contributed by atoms with Crippen molar-refractivity contribution in [2.24, 2.45) is 5.92 Å². The Morgan fingerprint density at radius 1 is 1.43 bits per heavy atom. The van der Waals surface area contributed by atoms with Gasteiger partial charge >= 0.3 is 0 Å². The summed E-state index contributed by atoms with van der Waals surface area (Å²) >= 11 is 1.60. The lowest BCUT2D eigenvalue weighted by molar-refractivity contribution is 0.102.